The van der Waals surface area contributed by atoms with E-state index in [9.17, 15) is 14.6 Å². The van der Waals surface area contributed by atoms with Gasteiger partial charge in [0.25, 0.3) is 0 Å². The van der Waals surface area contributed by atoms with Crippen molar-refractivity contribution in [2.75, 3.05) is 13.2 Å². The molecule has 0 aliphatic rings. The smallest absolute Gasteiger partial charge is 0.130 e. The fraction of sp³-hybridized carbons (Fsp3) is 0.538. The summed E-state index contributed by atoms with van der Waals surface area (Å²) in [4.78, 5) is 0. The molecule has 0 heterocycles. The topological polar surface area (TPSA) is 57.1 Å². The van der Waals surface area contributed by atoms with Crippen LogP contribution in [-0.4, -0.2) is 29.5 Å². The molecule has 0 fully saturated rings. The summed E-state index contributed by atoms with van der Waals surface area (Å²) in [5, 5.41) is 21.6. The van der Waals surface area contributed by atoms with E-state index >= 15 is 0 Å². The van der Waals surface area contributed by atoms with Crippen LogP contribution in [0.2, 0.25) is 0 Å². The zero-order valence-corrected chi connectivity index (χ0v) is 11.5. The van der Waals surface area contributed by atoms with Crippen molar-refractivity contribution < 1.29 is 32.3 Å². The third-order valence-corrected chi connectivity index (χ3v) is 2.95. The molecule has 0 aliphatic heterocycles. The molecule has 1 rings (SSSR count). The average Bonchev–Trinajstić information content (AvgIpc) is 2.32. The van der Waals surface area contributed by atoms with Crippen molar-refractivity contribution in [2.45, 2.75) is 32.4 Å². The van der Waals surface area contributed by atoms with Gasteiger partial charge in [-0.1, -0.05) is 12.1 Å². The van der Waals surface area contributed by atoms with Crippen LogP contribution in [0, 0.1) is 6.92 Å². The van der Waals surface area contributed by atoms with Crippen LogP contribution in [0.4, 0.5) is 4.39 Å². The number of aliphatic hydroxyl groups excluding tert-OH is 1. The first kappa shape index (κ1) is 17.2. The van der Waals surface area contributed by atoms with Gasteiger partial charge in [-0.25, -0.2) is 0 Å². The minimum atomic E-state index is -0.652. The molecule has 5 heteroatoms. The number of quaternary nitrogens is 1. The van der Waals surface area contributed by atoms with Crippen molar-refractivity contribution in [3.05, 3.63) is 29.3 Å². The number of nitrogens with two attached hydrogens (primary N) is 1. The molecule has 0 aliphatic carbocycles. The molecule has 4 N–H and O–H groups in total. The van der Waals surface area contributed by atoms with E-state index in [1.807, 2.05) is 19.2 Å². The maximum absolute atomic E-state index is 11.9. The van der Waals surface area contributed by atoms with E-state index < -0.39 is 6.10 Å². The largest absolute Gasteiger partial charge is 1.00 e. The Kier molecular flexibility index (Phi) is 7.91. The zero-order chi connectivity index (χ0) is 12.8. The first-order chi connectivity index (χ1) is 8.06. The number of alkyl halides is 1. The summed E-state index contributed by atoms with van der Waals surface area (Å²) >= 11 is 0. The number of phenolic OH excluding ortho intramolecular Hbond substituents is 1. The summed E-state index contributed by atoms with van der Waals surface area (Å²) in [6, 6.07) is 5.12. The van der Waals surface area contributed by atoms with Gasteiger partial charge in [0, 0.05) is 6.42 Å². The first-order valence-corrected chi connectivity index (χ1v) is 5.93. The Morgan fingerprint density at radius 3 is 2.61 bits per heavy atom. The number of aryl methyl sites for hydroxylation is 1. The highest BCUT2D eigenvalue weighted by Gasteiger charge is 2.19. The van der Waals surface area contributed by atoms with Gasteiger partial charge in [-0.3, -0.25) is 4.39 Å². The van der Waals surface area contributed by atoms with E-state index in [1.54, 1.807) is 18.2 Å². The molecule has 1 aromatic carbocycles. The highest BCUT2D eigenvalue weighted by Crippen LogP contribution is 2.23. The highest BCUT2D eigenvalue weighted by molar-refractivity contribution is 5.36. The number of halogens is 2. The Hall–Kier alpha value is -0.840. The molecule has 3 nitrogen and oxygen atoms in total. The molecule has 0 radical (unpaired) electrons. The minimum Gasteiger partial charge on any atom is -1.00 e. The molecule has 0 amide bonds. The van der Waals surface area contributed by atoms with Crippen LogP contribution in [0.15, 0.2) is 18.2 Å². The lowest BCUT2D eigenvalue weighted by Gasteiger charge is -2.18. The van der Waals surface area contributed by atoms with Crippen LogP contribution in [0.1, 0.15) is 30.6 Å². The number of aromatic hydroxyl groups is 1. The molecule has 0 bridgehead atoms. The summed E-state index contributed by atoms with van der Waals surface area (Å²) in [7, 11) is 0. The van der Waals surface area contributed by atoms with Crippen LogP contribution in [0.25, 0.3) is 0 Å². The van der Waals surface area contributed by atoms with E-state index in [-0.39, 0.29) is 30.9 Å². The summed E-state index contributed by atoms with van der Waals surface area (Å²) in [5.74, 6) is 0.192. The quantitative estimate of drug-likeness (QED) is 0.530. The molecular weight excluding hydrogens is 257 g/mol. The van der Waals surface area contributed by atoms with Gasteiger partial charge in [0.2, 0.25) is 0 Å². The summed E-state index contributed by atoms with van der Waals surface area (Å²) < 4.78 is 11.9. The average molecular weight is 278 g/mol. The maximum atomic E-state index is 11.9. The van der Waals surface area contributed by atoms with Gasteiger partial charge in [0.15, 0.2) is 0 Å². The van der Waals surface area contributed by atoms with E-state index in [0.29, 0.717) is 18.5 Å². The Bertz CT molecular complexity index is 363. The first-order valence-electron chi connectivity index (χ1n) is 5.93. The van der Waals surface area contributed by atoms with Crippen molar-refractivity contribution in [3.63, 3.8) is 0 Å². The van der Waals surface area contributed by atoms with Gasteiger partial charge < -0.3 is 27.9 Å². The molecule has 2 atom stereocenters. The van der Waals surface area contributed by atoms with Crippen molar-refractivity contribution in [2.24, 2.45) is 0 Å². The fourth-order valence-electron chi connectivity index (χ4n) is 1.70. The van der Waals surface area contributed by atoms with Crippen LogP contribution in [0.5, 0.6) is 5.75 Å². The number of benzene rings is 1. The van der Waals surface area contributed by atoms with Gasteiger partial charge in [0.1, 0.15) is 17.9 Å². The predicted octanol–water partition coefficient (Wildman–Crippen LogP) is -1.95. The zero-order valence-electron chi connectivity index (χ0n) is 10.7. The Balaban J connectivity index is 0.00000289. The van der Waals surface area contributed by atoms with Crippen LogP contribution < -0.4 is 17.7 Å². The van der Waals surface area contributed by atoms with E-state index in [4.69, 9.17) is 0 Å². The van der Waals surface area contributed by atoms with E-state index in [2.05, 4.69) is 0 Å². The van der Waals surface area contributed by atoms with Crippen molar-refractivity contribution in [1.29, 1.82) is 0 Å². The molecule has 1 aromatic rings. The van der Waals surface area contributed by atoms with E-state index in [0.717, 1.165) is 5.56 Å². The Labute approximate surface area is 113 Å². The van der Waals surface area contributed by atoms with Gasteiger partial charge in [-0.05, 0) is 31.0 Å². The van der Waals surface area contributed by atoms with Crippen LogP contribution in [0.3, 0.4) is 0 Å². The lowest BCUT2D eigenvalue weighted by Crippen LogP contribution is -3.00. The molecular formula is C13H21ClFNO2. The standard InChI is InChI=1S/C13H20FNO2.ClH/c1-9-4-5-11(8-12(9)16)13(17)10(2)15-7-3-6-14;/h4-5,8,10,13,15-17H,3,6-7H2,1-2H3;1H. The summed E-state index contributed by atoms with van der Waals surface area (Å²) in [5.41, 5.74) is 1.48. The SMILES string of the molecule is Cc1ccc(C(O)C(C)[NH2+]CCCF)cc1O.[Cl-]. The van der Waals surface area contributed by atoms with Crippen LogP contribution in [-0.2, 0) is 0 Å². The number of aliphatic hydroxyl groups is 1. The van der Waals surface area contributed by atoms with E-state index in [1.165, 1.54) is 0 Å². The third-order valence-electron chi connectivity index (χ3n) is 2.95. The Morgan fingerprint density at radius 2 is 2.06 bits per heavy atom. The molecule has 18 heavy (non-hydrogen) atoms. The monoisotopic (exact) mass is 277 g/mol. The van der Waals surface area contributed by atoms with Gasteiger partial charge in [0.05, 0.1) is 13.2 Å². The number of rotatable bonds is 6. The normalized spacial score (nSPS) is 13.8. The third kappa shape index (κ3) is 4.80. The molecule has 0 aromatic heterocycles. The molecule has 0 spiro atoms. The summed E-state index contributed by atoms with van der Waals surface area (Å²) in [6.07, 6.45) is -0.156. The Morgan fingerprint density at radius 1 is 1.39 bits per heavy atom. The van der Waals surface area contributed by atoms with Gasteiger partial charge in [-0.2, -0.15) is 0 Å². The fourth-order valence-corrected chi connectivity index (χ4v) is 1.70. The van der Waals surface area contributed by atoms with Crippen LogP contribution >= 0.6 is 0 Å². The molecule has 104 valence electrons. The van der Waals surface area contributed by atoms with Crippen molar-refractivity contribution in [3.8, 4) is 5.75 Å². The second kappa shape index (κ2) is 8.29. The lowest BCUT2D eigenvalue weighted by molar-refractivity contribution is -0.694. The molecule has 0 saturated heterocycles. The minimum absolute atomic E-state index is 0. The highest BCUT2D eigenvalue weighted by atomic mass is 35.5. The number of hydrogen-bond donors (Lipinski definition) is 3. The number of hydrogen-bond acceptors (Lipinski definition) is 2. The second-order valence-electron chi connectivity index (χ2n) is 4.42. The maximum Gasteiger partial charge on any atom is 0.130 e. The van der Waals surface area contributed by atoms with Gasteiger partial charge in [-0.15, -0.1) is 0 Å². The number of phenols is 1. The van der Waals surface area contributed by atoms with Crippen molar-refractivity contribution in [1.82, 2.24) is 0 Å². The van der Waals surface area contributed by atoms with Crippen molar-refractivity contribution >= 4 is 0 Å². The molecule has 2 unspecified atom stereocenters. The second-order valence-corrected chi connectivity index (χ2v) is 4.42. The predicted molar refractivity (Wildman–Crippen MR) is 64.7 cm³/mol. The molecule has 0 saturated carbocycles. The summed E-state index contributed by atoms with van der Waals surface area (Å²) in [6.45, 7) is 4.03. The lowest BCUT2D eigenvalue weighted by atomic mass is 10.0. The van der Waals surface area contributed by atoms with Gasteiger partial charge >= 0.3 is 0 Å².